The topological polar surface area (TPSA) is 78.7 Å². The van der Waals surface area contributed by atoms with E-state index in [2.05, 4.69) is 15.6 Å². The van der Waals surface area contributed by atoms with Gasteiger partial charge in [-0.25, -0.2) is 4.98 Å². The largest absolute Gasteiger partial charge is 0.507 e. The minimum atomic E-state index is -4.29. The average molecular weight is 483 g/mol. The first kappa shape index (κ1) is 24.1. The molecular formula is C26H25F3N4O2. The molecule has 0 aliphatic heterocycles. The number of alkyl halides is 3. The quantitative estimate of drug-likeness (QED) is 0.311. The third-order valence-corrected chi connectivity index (χ3v) is 5.65. The Labute approximate surface area is 200 Å². The van der Waals surface area contributed by atoms with Crippen molar-refractivity contribution in [2.75, 3.05) is 18.4 Å². The molecule has 0 unspecified atom stereocenters. The summed E-state index contributed by atoms with van der Waals surface area (Å²) in [6.45, 7) is 3.90. The molecule has 0 radical (unpaired) electrons. The molecule has 2 aromatic heterocycles. The van der Waals surface area contributed by atoms with Crippen molar-refractivity contribution in [3.63, 3.8) is 0 Å². The van der Waals surface area contributed by atoms with E-state index in [9.17, 15) is 23.1 Å². The lowest BCUT2D eigenvalue weighted by Gasteiger charge is -2.14. The number of rotatable bonds is 7. The Morgan fingerprint density at radius 3 is 2.57 bits per heavy atom. The number of halogens is 3. The summed E-state index contributed by atoms with van der Waals surface area (Å²) in [6, 6.07) is 13.9. The lowest BCUT2D eigenvalue weighted by Crippen LogP contribution is -2.23. The normalized spacial score (nSPS) is 11.6. The second-order valence-corrected chi connectivity index (χ2v) is 8.18. The summed E-state index contributed by atoms with van der Waals surface area (Å²) in [5.74, 6) is -0.107. The summed E-state index contributed by atoms with van der Waals surface area (Å²) in [5, 5.41) is 16.0. The number of phenolic OH excluding ortho intramolecular Hbond substituents is 1. The van der Waals surface area contributed by atoms with Crippen molar-refractivity contribution in [1.82, 2.24) is 14.7 Å². The number of imidazole rings is 1. The first-order valence-corrected chi connectivity index (χ1v) is 11.2. The zero-order chi connectivity index (χ0) is 25.2. The van der Waals surface area contributed by atoms with Crippen LogP contribution < -0.4 is 10.6 Å². The van der Waals surface area contributed by atoms with E-state index < -0.39 is 12.6 Å². The summed E-state index contributed by atoms with van der Waals surface area (Å²) in [7, 11) is 0. The molecule has 3 N–H and O–H groups in total. The second kappa shape index (κ2) is 9.69. The van der Waals surface area contributed by atoms with Crippen LogP contribution in [0, 0.1) is 6.92 Å². The molecule has 4 rings (SSSR count). The SMILES string of the molecule is CCNC(=O)c1ccc(-c2cnc3c(NCCC(F)(F)F)cc(-c4ccccc4O)cn23)cc1C. The third kappa shape index (κ3) is 5.24. The van der Waals surface area contributed by atoms with Gasteiger partial charge in [-0.05, 0) is 43.7 Å². The molecule has 0 aliphatic carbocycles. The monoisotopic (exact) mass is 482 g/mol. The van der Waals surface area contributed by atoms with E-state index in [0.29, 0.717) is 40.3 Å². The number of hydrogen-bond acceptors (Lipinski definition) is 4. The van der Waals surface area contributed by atoms with E-state index in [4.69, 9.17) is 0 Å². The summed E-state index contributed by atoms with van der Waals surface area (Å²) in [5.41, 5.74) is 4.84. The average Bonchev–Trinajstić information content (AvgIpc) is 3.23. The molecule has 0 bridgehead atoms. The summed E-state index contributed by atoms with van der Waals surface area (Å²) in [6.07, 6.45) is -1.86. The molecule has 0 aliphatic rings. The van der Waals surface area contributed by atoms with E-state index in [1.54, 1.807) is 53.2 Å². The lowest BCUT2D eigenvalue weighted by atomic mass is 10.0. The van der Waals surface area contributed by atoms with Crippen LogP contribution in [0.25, 0.3) is 28.0 Å². The van der Waals surface area contributed by atoms with Crippen molar-refractivity contribution in [3.8, 4) is 28.1 Å². The standard InChI is InChI=1S/C26H25F3N4O2/c1-3-30-25(35)19-9-8-17(12-16(19)2)22-14-32-24-21(31-11-10-26(27,28)29)13-18(15-33(22)24)20-6-4-5-7-23(20)34/h4-9,12-15,31,34H,3,10-11H2,1-2H3,(H,30,35). The number of benzene rings is 2. The van der Waals surface area contributed by atoms with Crippen molar-refractivity contribution in [3.05, 3.63) is 72.1 Å². The summed E-state index contributed by atoms with van der Waals surface area (Å²) >= 11 is 0. The number of amides is 1. The molecule has 0 saturated carbocycles. The number of nitrogens with zero attached hydrogens (tertiary/aromatic N) is 2. The van der Waals surface area contributed by atoms with Gasteiger partial charge in [0.05, 0.1) is 24.0 Å². The number of fused-ring (bicyclic) bond motifs is 1. The molecule has 1 amide bonds. The van der Waals surface area contributed by atoms with Crippen LogP contribution in [0.1, 0.15) is 29.3 Å². The van der Waals surface area contributed by atoms with Gasteiger partial charge in [0.15, 0.2) is 5.65 Å². The Kier molecular flexibility index (Phi) is 6.68. The van der Waals surface area contributed by atoms with Crippen LogP contribution in [-0.4, -0.2) is 39.7 Å². The number of anilines is 1. The summed E-state index contributed by atoms with van der Waals surface area (Å²) in [4.78, 5) is 16.7. The lowest BCUT2D eigenvalue weighted by molar-refractivity contribution is -0.131. The fraction of sp³-hybridized carbons (Fsp3) is 0.231. The Hall–Kier alpha value is -4.01. The van der Waals surface area contributed by atoms with Crippen molar-refractivity contribution in [2.24, 2.45) is 0 Å². The Balaban J connectivity index is 1.82. The number of aryl methyl sites for hydroxylation is 1. The highest BCUT2D eigenvalue weighted by Crippen LogP contribution is 2.34. The van der Waals surface area contributed by atoms with E-state index in [1.807, 2.05) is 26.0 Å². The van der Waals surface area contributed by atoms with Gasteiger partial charge in [-0.3, -0.25) is 9.20 Å². The van der Waals surface area contributed by atoms with Gasteiger partial charge < -0.3 is 15.7 Å². The number of carbonyl (C=O) groups excluding carboxylic acids is 1. The highest BCUT2D eigenvalue weighted by Gasteiger charge is 2.26. The zero-order valence-corrected chi connectivity index (χ0v) is 19.3. The van der Waals surface area contributed by atoms with E-state index in [-0.39, 0.29) is 18.2 Å². The van der Waals surface area contributed by atoms with Crippen LogP contribution in [0.15, 0.2) is 60.9 Å². The van der Waals surface area contributed by atoms with Gasteiger partial charge in [-0.2, -0.15) is 13.2 Å². The molecule has 35 heavy (non-hydrogen) atoms. The Bertz CT molecular complexity index is 1380. The van der Waals surface area contributed by atoms with Crippen LogP contribution in [0.3, 0.4) is 0 Å². The molecular weight excluding hydrogens is 457 g/mol. The number of hydrogen-bond donors (Lipinski definition) is 3. The van der Waals surface area contributed by atoms with E-state index in [0.717, 1.165) is 11.1 Å². The minimum absolute atomic E-state index is 0.0527. The number of aromatic nitrogens is 2. The number of pyridine rings is 1. The van der Waals surface area contributed by atoms with Gasteiger partial charge in [0.1, 0.15) is 5.75 Å². The maximum absolute atomic E-state index is 12.7. The van der Waals surface area contributed by atoms with Gasteiger partial charge in [0.25, 0.3) is 5.91 Å². The highest BCUT2D eigenvalue weighted by atomic mass is 19.4. The molecule has 2 heterocycles. The van der Waals surface area contributed by atoms with Crippen LogP contribution in [0.4, 0.5) is 18.9 Å². The Morgan fingerprint density at radius 2 is 1.89 bits per heavy atom. The first-order valence-electron chi connectivity index (χ1n) is 11.2. The highest BCUT2D eigenvalue weighted by molar-refractivity contribution is 5.96. The first-order chi connectivity index (χ1) is 16.7. The molecule has 2 aromatic carbocycles. The molecule has 182 valence electrons. The van der Waals surface area contributed by atoms with Crippen LogP contribution >= 0.6 is 0 Å². The maximum Gasteiger partial charge on any atom is 0.390 e. The fourth-order valence-corrected chi connectivity index (χ4v) is 3.97. The smallest absolute Gasteiger partial charge is 0.390 e. The van der Waals surface area contributed by atoms with E-state index >= 15 is 0 Å². The molecule has 0 spiro atoms. The molecule has 0 atom stereocenters. The summed E-state index contributed by atoms with van der Waals surface area (Å²) < 4.78 is 40.0. The van der Waals surface area contributed by atoms with Crippen LogP contribution in [0.2, 0.25) is 0 Å². The van der Waals surface area contributed by atoms with Gasteiger partial charge >= 0.3 is 6.18 Å². The minimum Gasteiger partial charge on any atom is -0.507 e. The van der Waals surface area contributed by atoms with Crippen molar-refractivity contribution in [2.45, 2.75) is 26.4 Å². The molecule has 0 fully saturated rings. The number of phenols is 1. The van der Waals surface area contributed by atoms with Crippen molar-refractivity contribution >= 4 is 17.2 Å². The molecule has 0 saturated heterocycles. The number of nitrogens with one attached hydrogen (secondary N) is 2. The third-order valence-electron chi connectivity index (χ3n) is 5.65. The fourth-order valence-electron chi connectivity index (χ4n) is 3.97. The van der Waals surface area contributed by atoms with E-state index in [1.165, 1.54) is 0 Å². The van der Waals surface area contributed by atoms with Gasteiger partial charge in [0, 0.05) is 41.5 Å². The van der Waals surface area contributed by atoms with Gasteiger partial charge in [-0.1, -0.05) is 24.3 Å². The van der Waals surface area contributed by atoms with Crippen molar-refractivity contribution in [1.29, 1.82) is 0 Å². The predicted molar refractivity (Wildman–Crippen MR) is 130 cm³/mol. The van der Waals surface area contributed by atoms with Gasteiger partial charge in [-0.15, -0.1) is 0 Å². The van der Waals surface area contributed by atoms with Crippen molar-refractivity contribution < 1.29 is 23.1 Å². The number of carbonyl (C=O) groups is 1. The van der Waals surface area contributed by atoms with Crippen LogP contribution in [0.5, 0.6) is 5.75 Å². The molecule has 6 nitrogen and oxygen atoms in total. The predicted octanol–water partition coefficient (Wildman–Crippen LogP) is 5.80. The number of aromatic hydroxyl groups is 1. The second-order valence-electron chi connectivity index (χ2n) is 8.18. The zero-order valence-electron chi connectivity index (χ0n) is 19.3. The van der Waals surface area contributed by atoms with Crippen LogP contribution in [-0.2, 0) is 0 Å². The molecule has 9 heteroatoms. The van der Waals surface area contributed by atoms with Gasteiger partial charge in [0.2, 0.25) is 0 Å². The Morgan fingerprint density at radius 1 is 1.11 bits per heavy atom. The number of para-hydroxylation sites is 1. The molecule has 4 aromatic rings. The maximum atomic E-state index is 12.7.